The van der Waals surface area contributed by atoms with E-state index in [0.717, 1.165) is 28.1 Å². The number of aromatic amines is 2. The highest BCUT2D eigenvalue weighted by Gasteiger charge is 2.04. The van der Waals surface area contributed by atoms with E-state index in [1.54, 1.807) is 12.4 Å². The van der Waals surface area contributed by atoms with E-state index in [2.05, 4.69) is 37.4 Å². The fourth-order valence-corrected chi connectivity index (χ4v) is 2.55. The highest BCUT2D eigenvalue weighted by molar-refractivity contribution is 5.80. The van der Waals surface area contributed by atoms with Gasteiger partial charge in [-0.2, -0.15) is 0 Å². The van der Waals surface area contributed by atoms with E-state index in [1.165, 1.54) is 5.56 Å². The Morgan fingerprint density at radius 2 is 1.75 bits per heavy atom. The number of nitrogens with one attached hydrogen (secondary N) is 3. The Labute approximate surface area is 137 Å². The van der Waals surface area contributed by atoms with Gasteiger partial charge in [-0.15, -0.1) is 0 Å². The van der Waals surface area contributed by atoms with Crippen LogP contribution >= 0.6 is 0 Å². The second-order valence-electron chi connectivity index (χ2n) is 5.47. The summed E-state index contributed by atoms with van der Waals surface area (Å²) in [6.45, 7) is 0.700. The molecule has 0 atom stereocenters. The van der Waals surface area contributed by atoms with Crippen LogP contribution in [-0.4, -0.2) is 19.9 Å². The summed E-state index contributed by atoms with van der Waals surface area (Å²) in [4.78, 5) is 25.6. The maximum Gasteiger partial charge on any atom is 0.323 e. The molecule has 0 spiro atoms. The lowest BCUT2D eigenvalue weighted by Crippen LogP contribution is -2.01. The summed E-state index contributed by atoms with van der Waals surface area (Å²) >= 11 is 0. The van der Waals surface area contributed by atoms with E-state index < -0.39 is 0 Å². The summed E-state index contributed by atoms with van der Waals surface area (Å²) in [7, 11) is 0. The molecule has 4 rings (SSSR count). The van der Waals surface area contributed by atoms with Gasteiger partial charge < -0.3 is 15.3 Å². The van der Waals surface area contributed by atoms with Gasteiger partial charge in [0, 0.05) is 12.1 Å². The van der Waals surface area contributed by atoms with E-state index in [4.69, 9.17) is 0 Å². The Kier molecular flexibility index (Phi) is 3.55. The molecule has 0 aliphatic heterocycles. The number of hydrogen-bond donors (Lipinski definition) is 3. The lowest BCUT2D eigenvalue weighted by atomic mass is 10.1. The van der Waals surface area contributed by atoms with Crippen molar-refractivity contribution >= 4 is 16.9 Å². The summed E-state index contributed by atoms with van der Waals surface area (Å²) in [5.74, 6) is 0.721. The Balaban J connectivity index is 1.53. The molecule has 0 bridgehead atoms. The van der Waals surface area contributed by atoms with E-state index in [1.807, 2.05) is 36.4 Å². The van der Waals surface area contributed by atoms with E-state index in [0.29, 0.717) is 6.54 Å². The average Bonchev–Trinajstić information content (AvgIpc) is 3.00. The molecule has 24 heavy (non-hydrogen) atoms. The molecule has 4 aromatic rings. The van der Waals surface area contributed by atoms with Gasteiger partial charge in [-0.05, 0) is 17.7 Å². The predicted molar refractivity (Wildman–Crippen MR) is 93.7 cm³/mol. The average molecular weight is 317 g/mol. The fourth-order valence-electron chi connectivity index (χ4n) is 2.55. The van der Waals surface area contributed by atoms with E-state index >= 15 is 0 Å². The number of hydrogen-bond acceptors (Lipinski definition) is 4. The highest BCUT2D eigenvalue weighted by Crippen LogP contribution is 2.20. The minimum Gasteiger partial charge on any atom is -0.365 e. The second kappa shape index (κ2) is 6.00. The molecule has 118 valence electrons. The number of benzene rings is 2. The maximum absolute atomic E-state index is 11.3. The van der Waals surface area contributed by atoms with Crippen LogP contribution in [0.3, 0.4) is 0 Å². The van der Waals surface area contributed by atoms with Crippen molar-refractivity contribution < 1.29 is 0 Å². The monoisotopic (exact) mass is 317 g/mol. The first-order valence-corrected chi connectivity index (χ1v) is 7.60. The molecule has 0 amide bonds. The molecule has 0 fully saturated rings. The summed E-state index contributed by atoms with van der Waals surface area (Å²) in [5.41, 5.74) is 4.16. The summed E-state index contributed by atoms with van der Waals surface area (Å²) in [6, 6.07) is 15.8. The molecular formula is C18H15N5O. The molecule has 0 aliphatic carbocycles. The highest BCUT2D eigenvalue weighted by atomic mass is 16.1. The molecule has 2 heterocycles. The first kappa shape index (κ1) is 14.2. The first-order valence-electron chi connectivity index (χ1n) is 7.60. The van der Waals surface area contributed by atoms with Crippen LogP contribution in [0.25, 0.3) is 22.3 Å². The van der Waals surface area contributed by atoms with Gasteiger partial charge >= 0.3 is 5.69 Å². The van der Waals surface area contributed by atoms with Gasteiger partial charge in [0.05, 0.1) is 29.1 Å². The second-order valence-corrected chi connectivity index (χ2v) is 5.47. The molecule has 3 N–H and O–H groups in total. The molecule has 0 saturated carbocycles. The zero-order chi connectivity index (χ0) is 16.4. The molecule has 6 heteroatoms. The lowest BCUT2D eigenvalue weighted by molar-refractivity contribution is 1.09. The lowest BCUT2D eigenvalue weighted by Gasteiger charge is -2.06. The summed E-state index contributed by atoms with van der Waals surface area (Å²) in [6.07, 6.45) is 3.43. The summed E-state index contributed by atoms with van der Waals surface area (Å²) in [5, 5.41) is 3.25. The normalized spacial score (nSPS) is 10.8. The zero-order valence-corrected chi connectivity index (χ0v) is 12.8. The van der Waals surface area contributed by atoms with Crippen molar-refractivity contribution in [2.75, 3.05) is 5.32 Å². The number of rotatable bonds is 4. The Morgan fingerprint density at radius 1 is 0.917 bits per heavy atom. The molecular weight excluding hydrogens is 302 g/mol. The van der Waals surface area contributed by atoms with Crippen molar-refractivity contribution in [3.63, 3.8) is 0 Å². The van der Waals surface area contributed by atoms with E-state index in [9.17, 15) is 4.79 Å². The van der Waals surface area contributed by atoms with Gasteiger partial charge in [0.15, 0.2) is 0 Å². The van der Waals surface area contributed by atoms with Crippen molar-refractivity contribution in [3.8, 4) is 11.3 Å². The fraction of sp³-hybridized carbons (Fsp3) is 0.0556. The van der Waals surface area contributed by atoms with Crippen molar-refractivity contribution in [2.45, 2.75) is 6.54 Å². The minimum absolute atomic E-state index is 0.214. The third kappa shape index (κ3) is 2.89. The van der Waals surface area contributed by atoms with Crippen LogP contribution in [-0.2, 0) is 6.54 Å². The first-order chi connectivity index (χ1) is 11.8. The number of imidazole rings is 1. The Hall–Kier alpha value is -3.41. The summed E-state index contributed by atoms with van der Waals surface area (Å²) < 4.78 is 0. The Morgan fingerprint density at radius 3 is 2.54 bits per heavy atom. The molecule has 6 nitrogen and oxygen atoms in total. The molecule has 0 aliphatic rings. The van der Waals surface area contributed by atoms with Crippen molar-refractivity contribution in [1.82, 2.24) is 19.9 Å². The van der Waals surface area contributed by atoms with Crippen LogP contribution < -0.4 is 11.0 Å². The largest absolute Gasteiger partial charge is 0.365 e. The van der Waals surface area contributed by atoms with Gasteiger partial charge in [-0.3, -0.25) is 4.98 Å². The van der Waals surface area contributed by atoms with Gasteiger partial charge in [0.25, 0.3) is 0 Å². The topological polar surface area (TPSA) is 86.5 Å². The smallest absolute Gasteiger partial charge is 0.323 e. The van der Waals surface area contributed by atoms with Gasteiger partial charge in [0.2, 0.25) is 0 Å². The maximum atomic E-state index is 11.3. The number of aromatic nitrogens is 4. The van der Waals surface area contributed by atoms with Crippen LogP contribution in [0.1, 0.15) is 5.56 Å². The molecule has 0 unspecified atom stereocenters. The standard InChI is InChI=1S/C18H15N5O/c24-18-22-14-7-6-13(8-15(14)23-18)16-10-21-17(11-19-16)20-9-12-4-2-1-3-5-12/h1-8,10-11H,9H2,(H,20,21)(H2,22,23,24). The van der Waals surface area contributed by atoms with Crippen molar-refractivity contribution in [2.24, 2.45) is 0 Å². The van der Waals surface area contributed by atoms with Crippen LogP contribution in [0.2, 0.25) is 0 Å². The number of fused-ring (bicyclic) bond motifs is 1. The SMILES string of the molecule is O=c1[nH]c2ccc(-c3cnc(NCc4ccccc4)cn3)cc2[nH]1. The minimum atomic E-state index is -0.214. The zero-order valence-electron chi connectivity index (χ0n) is 12.8. The number of H-pyrrole nitrogens is 2. The van der Waals surface area contributed by atoms with Crippen LogP contribution in [0, 0.1) is 0 Å². The van der Waals surface area contributed by atoms with E-state index in [-0.39, 0.29) is 5.69 Å². The quantitative estimate of drug-likeness (QED) is 0.540. The number of anilines is 1. The van der Waals surface area contributed by atoms with Crippen molar-refractivity contribution in [3.05, 3.63) is 77.0 Å². The molecule has 2 aromatic heterocycles. The van der Waals surface area contributed by atoms with Crippen LogP contribution in [0.5, 0.6) is 0 Å². The number of nitrogens with zero attached hydrogens (tertiary/aromatic N) is 2. The molecule has 2 aromatic carbocycles. The van der Waals surface area contributed by atoms with Gasteiger partial charge in [-0.1, -0.05) is 36.4 Å². The van der Waals surface area contributed by atoms with Crippen LogP contribution in [0.15, 0.2) is 65.7 Å². The molecule has 0 saturated heterocycles. The predicted octanol–water partition coefficient (Wildman–Crippen LogP) is 2.93. The van der Waals surface area contributed by atoms with Gasteiger partial charge in [0.1, 0.15) is 5.82 Å². The van der Waals surface area contributed by atoms with Crippen LogP contribution in [0.4, 0.5) is 5.82 Å². The van der Waals surface area contributed by atoms with Crippen molar-refractivity contribution in [1.29, 1.82) is 0 Å². The van der Waals surface area contributed by atoms with Gasteiger partial charge in [-0.25, -0.2) is 9.78 Å². The molecule has 0 radical (unpaired) electrons. The third-order valence-corrected chi connectivity index (χ3v) is 3.78. The Bertz CT molecular complexity index is 1020. The third-order valence-electron chi connectivity index (χ3n) is 3.78.